The van der Waals surface area contributed by atoms with Gasteiger partial charge in [-0.3, -0.25) is 4.74 Å². The molecule has 0 unspecified atom stereocenters. The van der Waals surface area contributed by atoms with Crippen LogP contribution in [-0.4, -0.2) is 13.4 Å². The van der Waals surface area contributed by atoms with Crippen LogP contribution in [0.1, 0.15) is 0 Å². The number of rotatable bonds is 4. The molecule has 0 amide bonds. The third kappa shape index (κ3) is 4.19. The lowest BCUT2D eigenvalue weighted by Crippen LogP contribution is -2.06. The summed E-state index contributed by atoms with van der Waals surface area (Å²) in [6, 6.07) is 6.86. The fourth-order valence-electron chi connectivity index (χ4n) is 0.710. The van der Waals surface area contributed by atoms with Crippen molar-refractivity contribution in [2.75, 3.05) is 6.79 Å². The Morgan fingerprint density at radius 2 is 2.15 bits per heavy atom. The van der Waals surface area contributed by atoms with Crippen molar-refractivity contribution in [3.63, 3.8) is 0 Å². The molecule has 13 heavy (non-hydrogen) atoms. The number of alkyl halides is 2. The van der Waals surface area contributed by atoms with E-state index in [-0.39, 0.29) is 0 Å². The summed E-state index contributed by atoms with van der Waals surface area (Å²) in [6.45, 7) is -3.25. The van der Waals surface area contributed by atoms with Crippen LogP contribution in [0.3, 0.4) is 0 Å². The van der Waals surface area contributed by atoms with Crippen molar-refractivity contribution in [2.45, 2.75) is 6.61 Å². The van der Waals surface area contributed by atoms with E-state index in [0.29, 0.717) is 5.75 Å². The topological polar surface area (TPSA) is 18.5 Å². The maximum absolute atomic E-state index is 11.5. The van der Waals surface area contributed by atoms with Crippen LogP contribution in [0.25, 0.3) is 0 Å². The van der Waals surface area contributed by atoms with E-state index in [0.717, 1.165) is 4.47 Å². The number of hydrogen-bond donors (Lipinski definition) is 0. The molecule has 72 valence electrons. The third-order valence-electron chi connectivity index (χ3n) is 1.22. The van der Waals surface area contributed by atoms with Crippen molar-refractivity contribution in [3.05, 3.63) is 28.7 Å². The number of benzene rings is 1. The summed E-state index contributed by atoms with van der Waals surface area (Å²) in [5, 5.41) is 0. The summed E-state index contributed by atoms with van der Waals surface area (Å²) in [6.07, 6.45) is 0. The van der Waals surface area contributed by atoms with Crippen LogP contribution < -0.4 is 4.74 Å². The second kappa shape index (κ2) is 5.14. The first-order chi connectivity index (χ1) is 6.18. The van der Waals surface area contributed by atoms with Gasteiger partial charge in [-0.1, -0.05) is 22.0 Å². The number of halogens is 3. The maximum Gasteiger partial charge on any atom is 0.348 e. The van der Waals surface area contributed by atoms with Crippen molar-refractivity contribution in [2.24, 2.45) is 0 Å². The van der Waals surface area contributed by atoms with E-state index in [1.165, 1.54) is 0 Å². The average Bonchev–Trinajstić information content (AvgIpc) is 2.03. The molecular formula is C8H7BrF2O2. The molecule has 0 saturated heterocycles. The maximum atomic E-state index is 11.5. The Morgan fingerprint density at radius 1 is 1.38 bits per heavy atom. The average molecular weight is 253 g/mol. The van der Waals surface area contributed by atoms with E-state index < -0.39 is 13.4 Å². The lowest BCUT2D eigenvalue weighted by Gasteiger charge is -2.05. The Morgan fingerprint density at radius 3 is 2.77 bits per heavy atom. The zero-order valence-corrected chi connectivity index (χ0v) is 8.13. The van der Waals surface area contributed by atoms with E-state index in [2.05, 4.69) is 20.7 Å². The second-order valence-electron chi connectivity index (χ2n) is 2.15. The predicted molar refractivity (Wildman–Crippen MR) is 46.7 cm³/mol. The molecule has 0 aromatic heterocycles. The zero-order chi connectivity index (χ0) is 9.68. The quantitative estimate of drug-likeness (QED) is 0.768. The molecule has 0 saturated carbocycles. The Hall–Kier alpha value is -0.680. The van der Waals surface area contributed by atoms with Gasteiger partial charge in [0.15, 0.2) is 6.79 Å². The van der Waals surface area contributed by atoms with E-state index >= 15 is 0 Å². The van der Waals surface area contributed by atoms with Crippen LogP contribution in [0.5, 0.6) is 5.75 Å². The smallest absolute Gasteiger partial charge is 0.348 e. The highest BCUT2D eigenvalue weighted by atomic mass is 79.9. The molecule has 0 aliphatic heterocycles. The third-order valence-corrected chi connectivity index (χ3v) is 1.71. The van der Waals surface area contributed by atoms with Gasteiger partial charge >= 0.3 is 6.61 Å². The second-order valence-corrected chi connectivity index (χ2v) is 3.06. The van der Waals surface area contributed by atoms with Gasteiger partial charge in [0, 0.05) is 4.47 Å². The van der Waals surface area contributed by atoms with Crippen LogP contribution in [0.4, 0.5) is 8.78 Å². The Balaban J connectivity index is 2.37. The summed E-state index contributed by atoms with van der Waals surface area (Å²) in [5.41, 5.74) is 0. The minimum absolute atomic E-state index is 0.450. The predicted octanol–water partition coefficient (Wildman–Crippen LogP) is 3.02. The largest absolute Gasteiger partial charge is 0.467 e. The lowest BCUT2D eigenvalue weighted by atomic mass is 10.3. The van der Waals surface area contributed by atoms with Gasteiger partial charge in [0.2, 0.25) is 0 Å². The van der Waals surface area contributed by atoms with Gasteiger partial charge in [0.05, 0.1) is 0 Å². The molecule has 0 heterocycles. The standard InChI is InChI=1S/C8H7BrF2O2/c9-6-2-1-3-7(4-6)12-5-13-8(10)11/h1-4,8H,5H2. The molecule has 0 aliphatic carbocycles. The van der Waals surface area contributed by atoms with Crippen LogP contribution in [0, 0.1) is 0 Å². The van der Waals surface area contributed by atoms with Crippen LogP contribution >= 0.6 is 15.9 Å². The highest BCUT2D eigenvalue weighted by molar-refractivity contribution is 9.10. The summed E-state index contributed by atoms with van der Waals surface area (Å²) >= 11 is 3.21. The summed E-state index contributed by atoms with van der Waals surface area (Å²) < 4.78 is 32.6. The van der Waals surface area contributed by atoms with E-state index in [4.69, 9.17) is 4.74 Å². The first-order valence-electron chi connectivity index (χ1n) is 3.46. The van der Waals surface area contributed by atoms with Crippen molar-refractivity contribution < 1.29 is 18.3 Å². The summed E-state index contributed by atoms with van der Waals surface area (Å²) in [4.78, 5) is 0. The molecule has 0 radical (unpaired) electrons. The fraction of sp³-hybridized carbons (Fsp3) is 0.250. The first kappa shape index (κ1) is 10.4. The van der Waals surface area contributed by atoms with Gasteiger partial charge < -0.3 is 4.74 Å². The van der Waals surface area contributed by atoms with Crippen molar-refractivity contribution in [3.8, 4) is 5.75 Å². The Kier molecular flexibility index (Phi) is 4.11. The molecule has 0 atom stereocenters. The number of ether oxygens (including phenoxy) is 2. The molecule has 1 rings (SSSR count). The van der Waals surface area contributed by atoms with Crippen molar-refractivity contribution >= 4 is 15.9 Å². The molecule has 0 bridgehead atoms. The fourth-order valence-corrected chi connectivity index (χ4v) is 1.09. The Bertz CT molecular complexity index is 268. The molecule has 1 aromatic carbocycles. The van der Waals surface area contributed by atoms with Gasteiger partial charge in [-0.15, -0.1) is 0 Å². The summed E-state index contributed by atoms with van der Waals surface area (Å²) in [7, 11) is 0. The SMILES string of the molecule is FC(F)OCOc1cccc(Br)c1. The molecule has 5 heteroatoms. The molecule has 0 aliphatic rings. The Labute approximate surface area is 82.6 Å². The van der Waals surface area contributed by atoms with E-state index in [9.17, 15) is 8.78 Å². The summed E-state index contributed by atoms with van der Waals surface area (Å²) in [5.74, 6) is 0.482. The molecular weight excluding hydrogens is 246 g/mol. The van der Waals surface area contributed by atoms with Crippen molar-refractivity contribution in [1.82, 2.24) is 0 Å². The molecule has 1 aromatic rings. The molecule has 0 N–H and O–H groups in total. The van der Waals surface area contributed by atoms with E-state index in [1.54, 1.807) is 24.3 Å². The minimum Gasteiger partial charge on any atom is -0.467 e. The molecule has 0 spiro atoms. The van der Waals surface area contributed by atoms with E-state index in [1.807, 2.05) is 0 Å². The van der Waals surface area contributed by atoms with Gasteiger partial charge in [-0.25, -0.2) is 0 Å². The number of hydrogen-bond acceptors (Lipinski definition) is 2. The van der Waals surface area contributed by atoms with Crippen LogP contribution in [-0.2, 0) is 4.74 Å². The monoisotopic (exact) mass is 252 g/mol. The van der Waals surface area contributed by atoms with Crippen LogP contribution in [0.2, 0.25) is 0 Å². The minimum atomic E-state index is -2.80. The molecule has 2 nitrogen and oxygen atoms in total. The first-order valence-corrected chi connectivity index (χ1v) is 4.26. The highest BCUT2D eigenvalue weighted by Gasteiger charge is 2.01. The van der Waals surface area contributed by atoms with Gasteiger partial charge in [-0.05, 0) is 18.2 Å². The van der Waals surface area contributed by atoms with Gasteiger partial charge in [0.1, 0.15) is 5.75 Å². The highest BCUT2D eigenvalue weighted by Crippen LogP contribution is 2.17. The zero-order valence-electron chi connectivity index (χ0n) is 6.54. The van der Waals surface area contributed by atoms with Gasteiger partial charge in [0.25, 0.3) is 0 Å². The van der Waals surface area contributed by atoms with Gasteiger partial charge in [-0.2, -0.15) is 8.78 Å². The van der Waals surface area contributed by atoms with Crippen LogP contribution in [0.15, 0.2) is 28.7 Å². The van der Waals surface area contributed by atoms with Crippen molar-refractivity contribution in [1.29, 1.82) is 0 Å². The normalized spacial score (nSPS) is 10.5. The lowest BCUT2D eigenvalue weighted by molar-refractivity contribution is -0.167. The molecule has 0 fully saturated rings.